The van der Waals surface area contributed by atoms with Crippen molar-refractivity contribution in [1.29, 1.82) is 0 Å². The number of carbonyl (C=O) groups is 1. The van der Waals surface area contributed by atoms with Crippen molar-refractivity contribution in [1.82, 2.24) is 20.2 Å². The summed E-state index contributed by atoms with van der Waals surface area (Å²) in [7, 11) is 1.99. The van der Waals surface area contributed by atoms with Crippen molar-refractivity contribution in [2.45, 2.75) is 6.92 Å². The van der Waals surface area contributed by atoms with Crippen molar-refractivity contribution in [3.05, 3.63) is 23.2 Å². The Hall–Kier alpha value is -1.20. The normalized spacial score (nSPS) is 10.5. The van der Waals surface area contributed by atoms with E-state index >= 15 is 0 Å². The quantitative estimate of drug-likeness (QED) is 0.830. The molecule has 1 rings (SSSR count). The van der Waals surface area contributed by atoms with E-state index in [9.17, 15) is 4.79 Å². The number of halogens is 1. The molecule has 1 aromatic rings. The molecule has 0 fully saturated rings. The third-order valence-electron chi connectivity index (χ3n) is 2.17. The van der Waals surface area contributed by atoms with Crippen LogP contribution < -0.4 is 5.32 Å². The fourth-order valence-corrected chi connectivity index (χ4v) is 1.14. The van der Waals surface area contributed by atoms with Crippen LogP contribution in [0.5, 0.6) is 0 Å². The highest BCUT2D eigenvalue weighted by molar-refractivity contribution is 6.29. The second kappa shape index (κ2) is 6.40. The molecule has 88 valence electrons. The number of nitrogens with zero attached hydrogens (tertiary/aromatic N) is 3. The maximum atomic E-state index is 11.6. The van der Waals surface area contributed by atoms with Gasteiger partial charge in [-0.2, -0.15) is 0 Å². The van der Waals surface area contributed by atoms with Crippen molar-refractivity contribution >= 4 is 17.5 Å². The molecule has 1 amide bonds. The molecule has 0 saturated heterocycles. The molecule has 1 aromatic heterocycles. The SMILES string of the molecule is CCN(C)CCNC(=O)c1cnc(Cl)cn1. The van der Waals surface area contributed by atoms with Crippen LogP contribution in [-0.4, -0.2) is 47.5 Å². The van der Waals surface area contributed by atoms with Gasteiger partial charge in [-0.25, -0.2) is 9.97 Å². The van der Waals surface area contributed by atoms with E-state index in [-0.39, 0.29) is 16.8 Å². The van der Waals surface area contributed by atoms with Crippen LogP contribution in [0.15, 0.2) is 12.4 Å². The lowest BCUT2D eigenvalue weighted by Gasteiger charge is -2.13. The van der Waals surface area contributed by atoms with Crippen molar-refractivity contribution in [2.24, 2.45) is 0 Å². The van der Waals surface area contributed by atoms with E-state index in [0.717, 1.165) is 13.1 Å². The molecule has 0 aliphatic heterocycles. The minimum atomic E-state index is -0.228. The van der Waals surface area contributed by atoms with E-state index in [2.05, 4.69) is 27.1 Å². The summed E-state index contributed by atoms with van der Waals surface area (Å²) in [5, 5.41) is 3.04. The average Bonchev–Trinajstić information content (AvgIpc) is 2.29. The van der Waals surface area contributed by atoms with Crippen molar-refractivity contribution in [3.63, 3.8) is 0 Å². The van der Waals surface area contributed by atoms with Crippen molar-refractivity contribution in [3.8, 4) is 0 Å². The van der Waals surface area contributed by atoms with Gasteiger partial charge in [0, 0.05) is 13.1 Å². The predicted octanol–water partition coefficient (Wildman–Crippen LogP) is 0.811. The van der Waals surface area contributed by atoms with Gasteiger partial charge in [0.1, 0.15) is 10.8 Å². The molecule has 0 saturated carbocycles. The van der Waals surface area contributed by atoms with Crippen molar-refractivity contribution < 1.29 is 4.79 Å². The standard InChI is InChI=1S/C10H15ClN4O/c1-3-15(2)5-4-12-10(16)8-6-14-9(11)7-13-8/h6-7H,3-5H2,1-2H3,(H,12,16). The minimum absolute atomic E-state index is 0.228. The lowest BCUT2D eigenvalue weighted by atomic mass is 10.4. The van der Waals surface area contributed by atoms with Crippen LogP contribution in [0.1, 0.15) is 17.4 Å². The Morgan fingerprint density at radius 1 is 1.50 bits per heavy atom. The van der Waals surface area contributed by atoms with Gasteiger partial charge in [0.15, 0.2) is 0 Å². The lowest BCUT2D eigenvalue weighted by molar-refractivity contribution is 0.0945. The van der Waals surface area contributed by atoms with Gasteiger partial charge in [-0.1, -0.05) is 18.5 Å². The van der Waals surface area contributed by atoms with Crippen LogP contribution >= 0.6 is 11.6 Å². The molecule has 0 aliphatic carbocycles. The Morgan fingerprint density at radius 3 is 2.81 bits per heavy atom. The topological polar surface area (TPSA) is 58.1 Å². The first-order valence-corrected chi connectivity index (χ1v) is 5.45. The van der Waals surface area contributed by atoms with Crippen LogP contribution in [0, 0.1) is 0 Å². The monoisotopic (exact) mass is 242 g/mol. The molecule has 0 aromatic carbocycles. The van der Waals surface area contributed by atoms with Crippen molar-refractivity contribution in [2.75, 3.05) is 26.7 Å². The van der Waals surface area contributed by atoms with Crippen LogP contribution in [-0.2, 0) is 0 Å². The number of nitrogens with one attached hydrogen (secondary N) is 1. The summed E-state index contributed by atoms with van der Waals surface area (Å²) < 4.78 is 0. The van der Waals surface area contributed by atoms with Crippen LogP contribution in [0.25, 0.3) is 0 Å². The molecule has 0 radical (unpaired) electrons. The summed E-state index contributed by atoms with van der Waals surface area (Å²) in [6.07, 6.45) is 2.72. The number of hydrogen-bond acceptors (Lipinski definition) is 4. The van der Waals surface area contributed by atoms with Crippen LogP contribution in [0.3, 0.4) is 0 Å². The lowest BCUT2D eigenvalue weighted by Crippen LogP contribution is -2.33. The molecule has 1 N–H and O–H groups in total. The summed E-state index contributed by atoms with van der Waals surface area (Å²) >= 11 is 5.57. The summed E-state index contributed by atoms with van der Waals surface area (Å²) in [4.78, 5) is 21.3. The fourth-order valence-electron chi connectivity index (χ4n) is 1.04. The Labute approximate surface area is 99.8 Å². The van der Waals surface area contributed by atoms with E-state index in [1.807, 2.05) is 7.05 Å². The smallest absolute Gasteiger partial charge is 0.271 e. The maximum Gasteiger partial charge on any atom is 0.271 e. The average molecular weight is 243 g/mol. The first-order valence-electron chi connectivity index (χ1n) is 5.07. The number of carbonyl (C=O) groups excluding carboxylic acids is 1. The van der Waals surface area contributed by atoms with Crippen LogP contribution in [0.2, 0.25) is 5.15 Å². The first kappa shape index (κ1) is 12.9. The molecule has 1 heterocycles. The molecule has 0 unspecified atom stereocenters. The van der Waals surface area contributed by atoms with E-state index in [1.54, 1.807) is 0 Å². The first-order chi connectivity index (χ1) is 7.63. The highest BCUT2D eigenvalue weighted by atomic mass is 35.5. The fraction of sp³-hybridized carbons (Fsp3) is 0.500. The van der Waals surface area contributed by atoms with E-state index < -0.39 is 0 Å². The van der Waals surface area contributed by atoms with E-state index in [4.69, 9.17) is 11.6 Å². The van der Waals surface area contributed by atoms with Gasteiger partial charge in [-0.3, -0.25) is 4.79 Å². The molecule has 0 bridgehead atoms. The molecule has 5 nitrogen and oxygen atoms in total. The summed E-state index contributed by atoms with van der Waals surface area (Å²) in [5.41, 5.74) is 0.281. The largest absolute Gasteiger partial charge is 0.349 e. The second-order valence-corrected chi connectivity index (χ2v) is 3.76. The molecule has 16 heavy (non-hydrogen) atoms. The summed E-state index contributed by atoms with van der Waals surface area (Å²) in [6.45, 7) is 4.42. The van der Waals surface area contributed by atoms with Gasteiger partial charge >= 0.3 is 0 Å². The third-order valence-corrected chi connectivity index (χ3v) is 2.37. The van der Waals surface area contributed by atoms with Gasteiger partial charge in [-0.05, 0) is 13.6 Å². The molecule has 0 atom stereocenters. The molecule has 0 aliphatic rings. The summed E-state index contributed by atoms with van der Waals surface area (Å²) in [5.74, 6) is -0.228. The maximum absolute atomic E-state index is 11.6. The van der Waals surface area contributed by atoms with Gasteiger partial charge in [0.2, 0.25) is 0 Å². The second-order valence-electron chi connectivity index (χ2n) is 3.38. The molecule has 6 heteroatoms. The van der Waals surface area contributed by atoms with E-state index in [1.165, 1.54) is 12.4 Å². The Balaban J connectivity index is 2.38. The highest BCUT2D eigenvalue weighted by Crippen LogP contribution is 2.00. The van der Waals surface area contributed by atoms with Gasteiger partial charge in [0.25, 0.3) is 5.91 Å². The number of amides is 1. The van der Waals surface area contributed by atoms with Gasteiger partial charge in [0.05, 0.1) is 12.4 Å². The highest BCUT2D eigenvalue weighted by Gasteiger charge is 2.06. The predicted molar refractivity (Wildman–Crippen MR) is 62.5 cm³/mol. The number of likely N-dealkylation sites (N-methyl/N-ethyl adjacent to an activating group) is 1. The van der Waals surface area contributed by atoms with Gasteiger partial charge in [-0.15, -0.1) is 0 Å². The number of rotatable bonds is 5. The Morgan fingerprint density at radius 2 is 2.25 bits per heavy atom. The molecular weight excluding hydrogens is 228 g/mol. The minimum Gasteiger partial charge on any atom is -0.349 e. The molecular formula is C10H15ClN4O. The Bertz CT molecular complexity index is 341. The van der Waals surface area contributed by atoms with Crippen LogP contribution in [0.4, 0.5) is 0 Å². The zero-order valence-corrected chi connectivity index (χ0v) is 10.2. The molecule has 0 spiro atoms. The number of aromatic nitrogens is 2. The zero-order chi connectivity index (χ0) is 12.0. The van der Waals surface area contributed by atoms with E-state index in [0.29, 0.717) is 6.54 Å². The third kappa shape index (κ3) is 4.12. The zero-order valence-electron chi connectivity index (χ0n) is 9.40. The Kier molecular flexibility index (Phi) is 5.14. The number of hydrogen-bond donors (Lipinski definition) is 1. The van der Waals surface area contributed by atoms with Gasteiger partial charge < -0.3 is 10.2 Å². The summed E-state index contributed by atoms with van der Waals surface area (Å²) in [6, 6.07) is 0.